The van der Waals surface area contributed by atoms with Crippen molar-refractivity contribution in [2.75, 3.05) is 19.9 Å². The van der Waals surface area contributed by atoms with Crippen LogP contribution in [0.25, 0.3) is 0 Å². The third-order valence-corrected chi connectivity index (χ3v) is 25.3. The second-order valence-corrected chi connectivity index (χ2v) is 38.5. The quantitative estimate of drug-likeness (QED) is 0.0121. The minimum absolute atomic E-state index is 0.160. The molecule has 2 fully saturated rings. The van der Waals surface area contributed by atoms with Gasteiger partial charge in [-0.15, -0.1) is 0 Å². The molecule has 0 radical (unpaired) electrons. The Morgan fingerprint density at radius 3 is 0.943 bits per heavy atom. The molecular formula is C99H187N2O21P. The van der Waals surface area contributed by atoms with E-state index in [2.05, 4.69) is 52.2 Å². The molecule has 2 aliphatic rings. The summed E-state index contributed by atoms with van der Waals surface area (Å²) in [7, 11) is -4.65. The lowest BCUT2D eigenvalue weighted by atomic mass is 9.95. The first-order valence-corrected chi connectivity index (χ1v) is 53.3. The Hall–Kier alpha value is -3.35. The number of aliphatic hydroxyl groups is 5. The summed E-state index contributed by atoms with van der Waals surface area (Å²) in [5.74, 6) is -4.28. The molecule has 724 valence electrons. The van der Waals surface area contributed by atoms with Crippen molar-refractivity contribution in [1.82, 2.24) is 10.6 Å². The van der Waals surface area contributed by atoms with Gasteiger partial charge < -0.3 is 74.2 Å². The molecule has 0 spiro atoms. The van der Waals surface area contributed by atoms with Crippen LogP contribution >= 0.6 is 7.60 Å². The van der Waals surface area contributed by atoms with E-state index in [1.165, 1.54) is 148 Å². The number of hydrogen-bond acceptors (Lipinski definition) is 20. The highest BCUT2D eigenvalue weighted by Crippen LogP contribution is 2.42. The van der Waals surface area contributed by atoms with Crippen molar-refractivity contribution >= 4 is 43.3 Å². The highest BCUT2D eigenvalue weighted by Gasteiger charge is 2.53. The Balaban J connectivity index is 2.66. The number of aliphatic hydroxyl groups excluding tert-OH is 5. The van der Waals surface area contributed by atoms with E-state index in [1.54, 1.807) is 0 Å². The molecule has 2 rings (SSSR count). The van der Waals surface area contributed by atoms with Gasteiger partial charge in [0.15, 0.2) is 24.8 Å². The molecule has 2 aliphatic heterocycles. The number of rotatable bonds is 86. The van der Waals surface area contributed by atoms with Gasteiger partial charge in [-0.1, -0.05) is 401 Å². The van der Waals surface area contributed by atoms with Gasteiger partial charge in [0.1, 0.15) is 48.7 Å². The van der Waals surface area contributed by atoms with Crippen molar-refractivity contribution in [2.45, 2.75) is 577 Å². The minimum Gasteiger partial charge on any atom is -0.462 e. The highest BCUT2D eigenvalue weighted by atomic mass is 31.2. The van der Waals surface area contributed by atoms with Crippen LogP contribution in [0, 0.1) is 0 Å². The monoisotopic (exact) mass is 1770 g/mol. The van der Waals surface area contributed by atoms with Gasteiger partial charge in [-0.2, -0.15) is 0 Å². The van der Waals surface area contributed by atoms with Crippen molar-refractivity contribution in [1.29, 1.82) is 0 Å². The first kappa shape index (κ1) is 116. The standard InChI is InChI=1S/C99H187N2O21P/c1-8-14-20-26-32-38-40-41-43-49-55-61-67-73-89(108)117-83(71-65-59-53-47-37-31-25-19-13-6)77-91(110)121-96-92(100-86(105)74-80(103)68-62-56-50-44-34-28-22-16-10-3)98(118-84(78-102)94(96)111)115-79-85-95(112)97(120-90(109)75-81(104)69-63-57-51-45-35-29-23-17-11-4)93(99(119-85)122-123(7,113)114)101-87(106)76-82(70-64-58-52-46-36-30-24-18-12-5)116-88(107)72-66-60-54-48-42-39-33-27-21-15-9-2/h80-85,92-99,102-104,111-112H,8-79H2,1-7H3,(H,100,105)(H,101,106)(H,113,114)/t80?,81?,82?,83?,84?,85?,92?,93?,94-,95-,96-,97-,98-,99?/m1/s1. The number of hydrogen-bond donors (Lipinski definition) is 8. The van der Waals surface area contributed by atoms with Crippen molar-refractivity contribution in [3.8, 4) is 0 Å². The predicted molar refractivity (Wildman–Crippen MR) is 492 cm³/mol. The van der Waals surface area contributed by atoms with Crippen LogP contribution in [0.3, 0.4) is 0 Å². The maximum Gasteiger partial charge on any atom is 0.327 e. The summed E-state index contributed by atoms with van der Waals surface area (Å²) < 4.78 is 62.9. The fourth-order valence-corrected chi connectivity index (χ4v) is 17.6. The van der Waals surface area contributed by atoms with Crippen molar-refractivity contribution < 1.29 is 101 Å². The van der Waals surface area contributed by atoms with Crippen molar-refractivity contribution in [3.63, 3.8) is 0 Å². The largest absolute Gasteiger partial charge is 0.462 e. The number of unbranched alkanes of at least 4 members (excludes halogenated alkanes) is 54. The predicted octanol–water partition coefficient (Wildman–Crippen LogP) is 22.8. The number of nitrogens with one attached hydrogen (secondary N) is 2. The molecule has 0 saturated carbocycles. The summed E-state index contributed by atoms with van der Waals surface area (Å²) in [6, 6.07) is -3.36. The van der Waals surface area contributed by atoms with Gasteiger partial charge in [-0.25, -0.2) is 0 Å². The van der Waals surface area contributed by atoms with Crippen LogP contribution in [0.15, 0.2) is 0 Å². The Morgan fingerprint density at radius 2 is 0.610 bits per heavy atom. The van der Waals surface area contributed by atoms with Gasteiger partial charge in [-0.3, -0.25) is 37.9 Å². The number of esters is 4. The van der Waals surface area contributed by atoms with Gasteiger partial charge >= 0.3 is 31.5 Å². The van der Waals surface area contributed by atoms with Crippen molar-refractivity contribution in [2.24, 2.45) is 0 Å². The van der Waals surface area contributed by atoms with Gasteiger partial charge in [-0.05, 0) is 51.4 Å². The lowest BCUT2D eigenvalue weighted by Gasteiger charge is -2.46. The Bertz CT molecular complexity index is 2590. The average molecular weight is 1770 g/mol. The van der Waals surface area contributed by atoms with E-state index < -0.39 is 161 Å². The maximum atomic E-state index is 14.8. The number of carbonyl (C=O) groups is 6. The smallest absolute Gasteiger partial charge is 0.327 e. The normalized spacial score (nSPS) is 20.6. The lowest BCUT2D eigenvalue weighted by molar-refractivity contribution is -0.297. The molecule has 0 aromatic rings. The molecule has 2 amide bonds. The molecule has 0 aromatic carbocycles. The van der Waals surface area contributed by atoms with Gasteiger partial charge in [0.05, 0.1) is 51.1 Å². The lowest BCUT2D eigenvalue weighted by Crippen LogP contribution is -2.67. The SMILES string of the molecule is CCCCCCCCCCCCCCCC(=O)OC(CCCCCCCCCCC)CC(=O)O[C@@H]1C(NC(=O)CC(O)CCCCCCCCCCC)[C@H](OCC2OC(OP(C)(=O)O)C(NC(=O)CC(CCCCCCCCCCC)OC(=O)CCCCCCCCCCCCC)[C@@H](OC(=O)CC(O)CCCCCCCCCCC)[C@@H]2O)OC(CO)[C@H]1O. The molecule has 123 heavy (non-hydrogen) atoms. The van der Waals surface area contributed by atoms with Crippen LogP contribution in [0.5, 0.6) is 0 Å². The summed E-state index contributed by atoms with van der Waals surface area (Å²) in [5.41, 5.74) is 0. The van der Waals surface area contributed by atoms with Crippen molar-refractivity contribution in [3.05, 3.63) is 0 Å². The van der Waals surface area contributed by atoms with E-state index in [1.807, 2.05) is 0 Å². The fourth-order valence-electron chi connectivity index (χ4n) is 17.1. The first-order valence-electron chi connectivity index (χ1n) is 51.2. The zero-order chi connectivity index (χ0) is 90.0. The molecular weight excluding hydrogens is 1580 g/mol. The van der Waals surface area contributed by atoms with E-state index in [-0.39, 0.29) is 25.7 Å². The van der Waals surface area contributed by atoms with E-state index in [4.69, 9.17) is 37.7 Å². The molecule has 8 N–H and O–H groups in total. The fraction of sp³-hybridized carbons (Fsp3) is 0.939. The Morgan fingerprint density at radius 1 is 0.341 bits per heavy atom. The van der Waals surface area contributed by atoms with Gasteiger partial charge in [0.25, 0.3) is 0 Å². The van der Waals surface area contributed by atoms with E-state index in [0.717, 1.165) is 206 Å². The molecule has 0 aromatic heterocycles. The number of carbonyl (C=O) groups excluding carboxylic acids is 6. The average Bonchev–Trinajstić information content (AvgIpc) is 0.755. The zero-order valence-electron chi connectivity index (χ0n) is 79.2. The summed E-state index contributed by atoms with van der Waals surface area (Å²) in [6.45, 7) is 12.4. The van der Waals surface area contributed by atoms with E-state index in [9.17, 15) is 63.8 Å². The van der Waals surface area contributed by atoms with Gasteiger partial charge in [0.2, 0.25) is 11.8 Å². The van der Waals surface area contributed by atoms with Crippen LogP contribution in [0.2, 0.25) is 0 Å². The second kappa shape index (κ2) is 78.5. The minimum atomic E-state index is -4.65. The molecule has 10 unspecified atom stereocenters. The maximum absolute atomic E-state index is 14.8. The zero-order valence-corrected chi connectivity index (χ0v) is 80.1. The van der Waals surface area contributed by atoms with Crippen LogP contribution in [-0.4, -0.2) is 172 Å². The summed E-state index contributed by atoms with van der Waals surface area (Å²) in [4.78, 5) is 96.7. The summed E-state index contributed by atoms with van der Waals surface area (Å²) >= 11 is 0. The topological polar surface area (TPSA) is 339 Å². The van der Waals surface area contributed by atoms with Crippen LogP contribution in [-0.2, 0) is 71.0 Å². The third-order valence-electron chi connectivity index (χ3n) is 24.7. The molecule has 24 heteroatoms. The number of ether oxygens (including phenoxy) is 7. The molecule has 15 atom stereocenters. The van der Waals surface area contributed by atoms with Crippen LogP contribution in [0.1, 0.15) is 491 Å². The molecule has 0 aliphatic carbocycles. The Kier molecular flexibility index (Phi) is 73.8. The highest BCUT2D eigenvalue weighted by molar-refractivity contribution is 7.51. The summed E-state index contributed by atoms with van der Waals surface area (Å²) in [6.07, 6.45) is 45.6. The molecule has 2 saturated heterocycles. The van der Waals surface area contributed by atoms with E-state index in [0.29, 0.717) is 57.8 Å². The summed E-state index contributed by atoms with van der Waals surface area (Å²) in [5, 5.41) is 64.1. The third kappa shape index (κ3) is 62.6. The molecule has 2 heterocycles. The van der Waals surface area contributed by atoms with E-state index >= 15 is 0 Å². The molecule has 0 bridgehead atoms. The van der Waals surface area contributed by atoms with Gasteiger partial charge in [0, 0.05) is 19.5 Å². The number of amides is 2. The van der Waals surface area contributed by atoms with Crippen LogP contribution < -0.4 is 10.6 Å². The second-order valence-electron chi connectivity index (χ2n) is 36.7. The van der Waals surface area contributed by atoms with Crippen LogP contribution in [0.4, 0.5) is 0 Å². The molecule has 23 nitrogen and oxygen atoms in total. The first-order chi connectivity index (χ1) is 59.6. The Labute approximate surface area is 748 Å².